The summed E-state index contributed by atoms with van der Waals surface area (Å²) in [6.07, 6.45) is -1.51. The van der Waals surface area contributed by atoms with Gasteiger partial charge >= 0.3 is 6.18 Å². The second kappa shape index (κ2) is 6.16. The molecule has 0 radical (unpaired) electrons. The Bertz CT molecular complexity index is 865. The Morgan fingerprint density at radius 1 is 1.33 bits per heavy atom. The average molecular weight is 353 g/mol. The molecule has 124 valence electrons. The zero-order valence-electron chi connectivity index (χ0n) is 12.0. The van der Waals surface area contributed by atoms with Crippen molar-refractivity contribution in [1.29, 1.82) is 5.41 Å². The highest BCUT2D eigenvalue weighted by Crippen LogP contribution is 2.29. The highest BCUT2D eigenvalue weighted by molar-refractivity contribution is 8.18. The smallest absolute Gasteiger partial charge is 0.422 e. The van der Waals surface area contributed by atoms with Crippen LogP contribution in [0.2, 0.25) is 0 Å². The van der Waals surface area contributed by atoms with Crippen LogP contribution in [0.5, 0.6) is 5.75 Å². The maximum absolute atomic E-state index is 12.4. The van der Waals surface area contributed by atoms with Crippen LogP contribution in [0.4, 0.5) is 13.2 Å². The van der Waals surface area contributed by atoms with E-state index >= 15 is 0 Å². The molecule has 0 saturated carbocycles. The summed E-state index contributed by atoms with van der Waals surface area (Å²) in [7, 11) is 0. The fourth-order valence-corrected chi connectivity index (χ4v) is 2.81. The van der Waals surface area contributed by atoms with Crippen LogP contribution in [-0.2, 0) is 4.79 Å². The minimum atomic E-state index is -4.44. The highest BCUT2D eigenvalue weighted by atomic mass is 32.2. The maximum atomic E-state index is 12.4. The molecule has 1 amide bonds. The van der Waals surface area contributed by atoms with Gasteiger partial charge in [-0.15, -0.1) is 0 Å². The summed E-state index contributed by atoms with van der Waals surface area (Å²) in [5.41, 5.74) is 1.08. The van der Waals surface area contributed by atoms with Gasteiger partial charge in [0.25, 0.3) is 5.91 Å². The molecule has 1 aliphatic heterocycles. The number of carbonyl (C=O) groups is 1. The Balaban J connectivity index is 1.96. The predicted octanol–water partition coefficient (Wildman–Crippen LogP) is 3.31. The van der Waals surface area contributed by atoms with Crippen molar-refractivity contribution in [2.24, 2.45) is 0 Å². The van der Waals surface area contributed by atoms with Gasteiger partial charge in [0.15, 0.2) is 11.8 Å². The number of ether oxygens (including phenoxy) is 1. The van der Waals surface area contributed by atoms with Gasteiger partial charge in [0.1, 0.15) is 5.75 Å². The quantitative estimate of drug-likeness (QED) is 0.830. The summed E-state index contributed by atoms with van der Waals surface area (Å²) >= 11 is 0.980. The number of thioether (sulfide) groups is 1. The fraction of sp³-hybridized carbons (Fsp3) is 0.133. The lowest BCUT2D eigenvalue weighted by molar-refractivity contribution is -0.153. The van der Waals surface area contributed by atoms with E-state index in [2.05, 4.69) is 10.3 Å². The predicted molar refractivity (Wildman–Crippen MR) is 84.7 cm³/mol. The summed E-state index contributed by atoms with van der Waals surface area (Å²) in [6.45, 7) is -1.40. The molecule has 1 saturated heterocycles. The molecule has 2 N–H and O–H groups in total. The van der Waals surface area contributed by atoms with E-state index in [1.807, 2.05) is 0 Å². The van der Waals surface area contributed by atoms with Crippen molar-refractivity contribution >= 4 is 39.8 Å². The van der Waals surface area contributed by atoms with E-state index in [-0.39, 0.29) is 16.8 Å². The Kier molecular flexibility index (Phi) is 4.18. The Morgan fingerprint density at radius 3 is 2.79 bits per heavy atom. The third kappa shape index (κ3) is 3.67. The van der Waals surface area contributed by atoms with E-state index in [4.69, 9.17) is 10.1 Å². The largest absolute Gasteiger partial charge is 0.483 e. The SMILES string of the molecule is N=C1NC(=O)/C(=C/c2ccc3nccc(OCC(F)(F)F)c3c2)S1. The van der Waals surface area contributed by atoms with Gasteiger partial charge in [0.05, 0.1) is 10.4 Å². The molecular weight excluding hydrogens is 343 g/mol. The fourth-order valence-electron chi connectivity index (χ4n) is 2.11. The van der Waals surface area contributed by atoms with Gasteiger partial charge in [-0.1, -0.05) is 6.07 Å². The lowest BCUT2D eigenvalue weighted by atomic mass is 10.1. The number of pyridine rings is 1. The molecule has 2 heterocycles. The van der Waals surface area contributed by atoms with Crippen LogP contribution in [0.15, 0.2) is 35.4 Å². The molecule has 0 bridgehead atoms. The van der Waals surface area contributed by atoms with Crippen LogP contribution in [0.1, 0.15) is 5.56 Å². The monoisotopic (exact) mass is 353 g/mol. The number of nitrogens with one attached hydrogen (secondary N) is 2. The standard InChI is InChI=1S/C15H10F3N3O2S/c16-15(17,18)7-23-11-3-4-20-10-2-1-8(5-9(10)11)6-12-13(22)21-14(19)24-12/h1-6H,7H2,(H2,19,21,22)/b12-6-. The van der Waals surface area contributed by atoms with Crippen LogP contribution in [0.3, 0.4) is 0 Å². The van der Waals surface area contributed by atoms with Gasteiger partial charge in [-0.05, 0) is 41.6 Å². The molecular formula is C15H10F3N3O2S. The topological polar surface area (TPSA) is 75.1 Å². The Labute approximate surface area is 138 Å². The van der Waals surface area contributed by atoms with Crippen molar-refractivity contribution in [3.8, 4) is 5.75 Å². The number of amidine groups is 1. The van der Waals surface area contributed by atoms with E-state index in [1.54, 1.807) is 24.3 Å². The number of fused-ring (bicyclic) bond motifs is 1. The summed E-state index contributed by atoms with van der Waals surface area (Å²) < 4.78 is 41.9. The molecule has 3 rings (SSSR count). The zero-order chi connectivity index (χ0) is 17.3. The molecule has 1 fully saturated rings. The van der Waals surface area contributed by atoms with Gasteiger partial charge in [-0.2, -0.15) is 13.2 Å². The summed E-state index contributed by atoms with van der Waals surface area (Å²) in [5.74, 6) is -0.321. The van der Waals surface area contributed by atoms with E-state index < -0.39 is 12.8 Å². The van der Waals surface area contributed by atoms with Crippen molar-refractivity contribution in [2.45, 2.75) is 6.18 Å². The van der Waals surface area contributed by atoms with Gasteiger partial charge in [0.2, 0.25) is 0 Å². The molecule has 1 aromatic carbocycles. The van der Waals surface area contributed by atoms with Crippen LogP contribution >= 0.6 is 11.8 Å². The molecule has 2 aromatic rings. The number of amides is 1. The molecule has 0 unspecified atom stereocenters. The van der Waals surface area contributed by atoms with Gasteiger partial charge < -0.3 is 10.1 Å². The Hall–Kier alpha value is -2.55. The molecule has 0 atom stereocenters. The van der Waals surface area contributed by atoms with Crippen molar-refractivity contribution < 1.29 is 22.7 Å². The number of benzene rings is 1. The van der Waals surface area contributed by atoms with Crippen LogP contribution in [0.25, 0.3) is 17.0 Å². The lowest BCUT2D eigenvalue weighted by Crippen LogP contribution is -2.19. The first-order chi connectivity index (χ1) is 11.3. The molecule has 9 heteroatoms. The second-order valence-electron chi connectivity index (χ2n) is 4.88. The second-order valence-corrected chi connectivity index (χ2v) is 5.94. The molecule has 24 heavy (non-hydrogen) atoms. The highest BCUT2D eigenvalue weighted by Gasteiger charge is 2.28. The first-order valence-corrected chi connectivity index (χ1v) is 7.51. The first-order valence-electron chi connectivity index (χ1n) is 6.69. The number of halogens is 3. The summed E-state index contributed by atoms with van der Waals surface area (Å²) in [5, 5.41) is 10.2. The summed E-state index contributed by atoms with van der Waals surface area (Å²) in [6, 6.07) is 6.27. The molecule has 1 aliphatic rings. The minimum absolute atomic E-state index is 0.0305. The van der Waals surface area contributed by atoms with Crippen molar-refractivity contribution in [3.63, 3.8) is 0 Å². The van der Waals surface area contributed by atoms with Gasteiger partial charge in [0, 0.05) is 11.6 Å². The number of rotatable bonds is 3. The molecule has 0 spiro atoms. The lowest BCUT2D eigenvalue weighted by Gasteiger charge is -2.11. The van der Waals surface area contributed by atoms with Gasteiger partial charge in [-0.3, -0.25) is 15.2 Å². The maximum Gasteiger partial charge on any atom is 0.422 e. The number of nitrogens with zero attached hydrogens (tertiary/aromatic N) is 1. The molecule has 5 nitrogen and oxygen atoms in total. The molecule has 1 aromatic heterocycles. The number of hydrogen-bond acceptors (Lipinski definition) is 5. The van der Waals surface area contributed by atoms with Crippen molar-refractivity contribution in [1.82, 2.24) is 10.3 Å². The third-order valence-electron chi connectivity index (χ3n) is 3.08. The first kappa shape index (κ1) is 16.3. The normalized spacial score (nSPS) is 16.7. The number of alkyl halides is 3. The Morgan fingerprint density at radius 2 is 2.12 bits per heavy atom. The van der Waals surface area contributed by atoms with Gasteiger partial charge in [-0.25, -0.2) is 0 Å². The van der Waals surface area contributed by atoms with E-state index in [0.717, 1.165) is 11.8 Å². The van der Waals surface area contributed by atoms with E-state index in [9.17, 15) is 18.0 Å². The van der Waals surface area contributed by atoms with Crippen molar-refractivity contribution in [3.05, 3.63) is 40.9 Å². The van der Waals surface area contributed by atoms with Crippen LogP contribution < -0.4 is 10.1 Å². The van der Waals surface area contributed by atoms with Crippen LogP contribution in [-0.4, -0.2) is 28.8 Å². The third-order valence-corrected chi connectivity index (χ3v) is 3.91. The molecule has 0 aliphatic carbocycles. The average Bonchev–Trinajstić information content (AvgIpc) is 2.82. The van der Waals surface area contributed by atoms with E-state index in [0.29, 0.717) is 21.4 Å². The number of hydrogen-bond donors (Lipinski definition) is 2. The summed E-state index contributed by atoms with van der Waals surface area (Å²) in [4.78, 5) is 16.0. The number of aromatic nitrogens is 1. The van der Waals surface area contributed by atoms with E-state index in [1.165, 1.54) is 12.3 Å². The number of carbonyl (C=O) groups excluding carboxylic acids is 1. The van der Waals surface area contributed by atoms with Crippen molar-refractivity contribution in [2.75, 3.05) is 6.61 Å². The van der Waals surface area contributed by atoms with Crippen LogP contribution in [0, 0.1) is 5.41 Å². The minimum Gasteiger partial charge on any atom is -0.483 e. The zero-order valence-corrected chi connectivity index (χ0v) is 12.8.